The molecule has 0 aliphatic carbocycles. The Balaban J connectivity index is 1.51. The van der Waals surface area contributed by atoms with E-state index >= 15 is 8.78 Å². The summed E-state index contributed by atoms with van der Waals surface area (Å²) in [6.45, 7) is 9.75. The van der Waals surface area contributed by atoms with Crippen molar-refractivity contribution in [2.45, 2.75) is 72.1 Å². The standard InChI is InChI=1S/C31H38F3N5O4/c1-18-12-19(2)26(20(3)13-18)27(35-29(41)43-30(4,5)6)28(40)38-11-10-22(31(33,34)17-38)15-39-16-24(36-37-39)21-8-9-25(42-7)23(32)14-21/h8-9,12-14,16,22,27H,10-11,15,17H2,1-7H3,(H,35,41). The number of ether oxygens (including phenoxy) is 2. The smallest absolute Gasteiger partial charge is 0.408 e. The zero-order valence-electron chi connectivity index (χ0n) is 25.5. The van der Waals surface area contributed by atoms with Gasteiger partial charge in [-0.05, 0) is 82.9 Å². The lowest BCUT2D eigenvalue weighted by molar-refractivity contribution is -0.154. The van der Waals surface area contributed by atoms with E-state index in [2.05, 4.69) is 15.6 Å². The molecule has 4 rings (SSSR count). The lowest BCUT2D eigenvalue weighted by atomic mass is 9.90. The van der Waals surface area contributed by atoms with Crippen molar-refractivity contribution in [2.75, 3.05) is 20.2 Å². The Morgan fingerprint density at radius 3 is 2.40 bits per heavy atom. The number of nitrogens with one attached hydrogen (secondary N) is 1. The SMILES string of the molecule is COc1ccc(-c2cn(CC3CCN(C(=O)C(NC(=O)OC(C)(C)C)c4c(C)cc(C)cc4C)CC3(F)F)nn2)cc1F. The molecule has 1 saturated heterocycles. The van der Waals surface area contributed by atoms with Crippen LogP contribution in [0.4, 0.5) is 18.0 Å². The maximum absolute atomic E-state index is 15.6. The molecule has 2 heterocycles. The van der Waals surface area contributed by atoms with E-state index in [9.17, 15) is 14.0 Å². The first-order valence-corrected chi connectivity index (χ1v) is 14.1. The Kier molecular flexibility index (Phi) is 9.08. The Morgan fingerprint density at radius 1 is 1.14 bits per heavy atom. The van der Waals surface area contributed by atoms with Gasteiger partial charge in [0.1, 0.15) is 17.3 Å². The Labute approximate surface area is 249 Å². The third-order valence-corrected chi connectivity index (χ3v) is 7.39. The zero-order chi connectivity index (χ0) is 31.7. The summed E-state index contributed by atoms with van der Waals surface area (Å²) in [6.07, 6.45) is 0.667. The normalized spacial score (nSPS) is 17.3. The summed E-state index contributed by atoms with van der Waals surface area (Å²) in [5.74, 6) is -5.51. The van der Waals surface area contributed by atoms with Crippen molar-refractivity contribution in [1.29, 1.82) is 0 Å². The summed E-state index contributed by atoms with van der Waals surface area (Å²) >= 11 is 0. The molecule has 232 valence electrons. The van der Waals surface area contributed by atoms with Crippen LogP contribution in [0.15, 0.2) is 36.5 Å². The van der Waals surface area contributed by atoms with Crippen LogP contribution < -0.4 is 10.1 Å². The molecule has 1 N–H and O–H groups in total. The van der Waals surface area contributed by atoms with Crippen molar-refractivity contribution in [3.8, 4) is 17.0 Å². The van der Waals surface area contributed by atoms with Gasteiger partial charge in [-0.15, -0.1) is 5.10 Å². The lowest BCUT2D eigenvalue weighted by Gasteiger charge is -2.40. The minimum atomic E-state index is -3.25. The van der Waals surface area contributed by atoms with Crippen molar-refractivity contribution in [1.82, 2.24) is 25.2 Å². The summed E-state index contributed by atoms with van der Waals surface area (Å²) in [5.41, 5.74) is 2.99. The minimum Gasteiger partial charge on any atom is -0.494 e. The molecule has 1 aliphatic heterocycles. The van der Waals surface area contributed by atoms with Gasteiger partial charge in [-0.2, -0.15) is 0 Å². The van der Waals surface area contributed by atoms with E-state index in [0.717, 1.165) is 21.6 Å². The van der Waals surface area contributed by atoms with Crippen molar-refractivity contribution >= 4 is 12.0 Å². The molecule has 1 fully saturated rings. The molecule has 2 aromatic carbocycles. The summed E-state index contributed by atoms with van der Waals surface area (Å²) < 4.78 is 56.9. The number of amides is 2. The lowest BCUT2D eigenvalue weighted by Crippen LogP contribution is -2.54. The van der Waals surface area contributed by atoms with Gasteiger partial charge < -0.3 is 19.7 Å². The molecule has 2 atom stereocenters. The molecule has 2 unspecified atom stereocenters. The zero-order valence-corrected chi connectivity index (χ0v) is 25.5. The van der Waals surface area contributed by atoms with Crippen LogP contribution in [0, 0.1) is 32.5 Å². The third-order valence-electron chi connectivity index (χ3n) is 7.39. The highest BCUT2D eigenvalue weighted by Gasteiger charge is 2.47. The number of hydrogen-bond acceptors (Lipinski definition) is 6. The fraction of sp³-hybridized carbons (Fsp3) is 0.484. The number of methoxy groups -OCH3 is 1. The number of carbonyl (C=O) groups excluding carboxylic acids is 2. The Bertz CT molecular complexity index is 1480. The summed E-state index contributed by atoms with van der Waals surface area (Å²) in [6, 6.07) is 6.86. The first-order valence-electron chi connectivity index (χ1n) is 14.1. The van der Waals surface area contributed by atoms with Gasteiger partial charge in [0, 0.05) is 18.0 Å². The van der Waals surface area contributed by atoms with Crippen LogP contribution in [0.5, 0.6) is 5.75 Å². The van der Waals surface area contributed by atoms with Crippen LogP contribution in [0.25, 0.3) is 11.3 Å². The number of alkyl carbamates (subject to hydrolysis) is 1. The van der Waals surface area contributed by atoms with Gasteiger partial charge in [0.25, 0.3) is 5.92 Å². The molecular formula is C31H38F3N5O4. The van der Waals surface area contributed by atoms with Crippen molar-refractivity contribution in [3.63, 3.8) is 0 Å². The predicted octanol–water partition coefficient (Wildman–Crippen LogP) is 5.77. The van der Waals surface area contributed by atoms with E-state index in [4.69, 9.17) is 9.47 Å². The maximum Gasteiger partial charge on any atom is 0.408 e. The van der Waals surface area contributed by atoms with Crippen LogP contribution in [-0.2, 0) is 16.1 Å². The Hall–Kier alpha value is -4.09. The number of alkyl halides is 2. The molecule has 3 aromatic rings. The van der Waals surface area contributed by atoms with Gasteiger partial charge >= 0.3 is 6.09 Å². The number of rotatable bonds is 7. The minimum absolute atomic E-state index is 0.00385. The van der Waals surface area contributed by atoms with E-state index in [1.165, 1.54) is 30.1 Å². The predicted molar refractivity (Wildman–Crippen MR) is 154 cm³/mol. The highest BCUT2D eigenvalue weighted by molar-refractivity contribution is 5.88. The second-order valence-electron chi connectivity index (χ2n) is 12.1. The molecule has 0 radical (unpaired) electrons. The first kappa shape index (κ1) is 31.8. The van der Waals surface area contributed by atoms with Gasteiger partial charge in [-0.1, -0.05) is 22.9 Å². The monoisotopic (exact) mass is 601 g/mol. The average molecular weight is 602 g/mol. The second-order valence-corrected chi connectivity index (χ2v) is 12.1. The van der Waals surface area contributed by atoms with Crippen molar-refractivity contribution in [2.24, 2.45) is 5.92 Å². The third kappa shape index (κ3) is 7.47. The van der Waals surface area contributed by atoms with E-state index in [1.807, 2.05) is 32.9 Å². The molecule has 43 heavy (non-hydrogen) atoms. The fourth-order valence-corrected chi connectivity index (χ4v) is 5.48. The number of hydrogen-bond donors (Lipinski definition) is 1. The number of piperidine rings is 1. The molecular weight excluding hydrogens is 563 g/mol. The molecule has 0 spiro atoms. The largest absolute Gasteiger partial charge is 0.494 e. The number of halogens is 3. The van der Waals surface area contributed by atoms with Gasteiger partial charge in [-0.3, -0.25) is 9.48 Å². The number of aryl methyl sites for hydroxylation is 3. The van der Waals surface area contributed by atoms with Crippen LogP contribution in [0.3, 0.4) is 0 Å². The van der Waals surface area contributed by atoms with Crippen molar-refractivity contribution in [3.05, 3.63) is 64.6 Å². The molecule has 0 bridgehead atoms. The van der Waals surface area contributed by atoms with E-state index in [0.29, 0.717) is 16.8 Å². The van der Waals surface area contributed by atoms with E-state index in [-0.39, 0.29) is 25.3 Å². The molecule has 12 heteroatoms. The van der Waals surface area contributed by atoms with Gasteiger partial charge in [-0.25, -0.2) is 18.0 Å². The maximum atomic E-state index is 15.6. The number of benzene rings is 2. The van der Waals surface area contributed by atoms with Crippen LogP contribution in [-0.4, -0.2) is 63.6 Å². The highest BCUT2D eigenvalue weighted by Crippen LogP contribution is 2.36. The molecule has 1 aromatic heterocycles. The van der Waals surface area contributed by atoms with E-state index in [1.54, 1.807) is 26.8 Å². The number of aromatic nitrogens is 3. The topological polar surface area (TPSA) is 98.6 Å². The fourth-order valence-electron chi connectivity index (χ4n) is 5.48. The summed E-state index contributed by atoms with van der Waals surface area (Å²) in [7, 11) is 1.36. The first-order chi connectivity index (χ1) is 20.1. The molecule has 0 saturated carbocycles. The molecule has 9 nitrogen and oxygen atoms in total. The van der Waals surface area contributed by atoms with Gasteiger partial charge in [0.05, 0.1) is 26.4 Å². The van der Waals surface area contributed by atoms with Gasteiger partial charge in [0.15, 0.2) is 11.6 Å². The number of carbonyl (C=O) groups is 2. The van der Waals surface area contributed by atoms with Crippen molar-refractivity contribution < 1.29 is 32.2 Å². The average Bonchev–Trinajstić information content (AvgIpc) is 3.35. The molecule has 2 amide bonds. The van der Waals surface area contributed by atoms with Crippen LogP contribution in [0.2, 0.25) is 0 Å². The van der Waals surface area contributed by atoms with Crippen LogP contribution >= 0.6 is 0 Å². The summed E-state index contributed by atoms with van der Waals surface area (Å²) in [4.78, 5) is 27.7. The quantitative estimate of drug-likeness (QED) is 0.370. The highest BCUT2D eigenvalue weighted by atomic mass is 19.3. The van der Waals surface area contributed by atoms with Gasteiger partial charge in [0.2, 0.25) is 5.91 Å². The second kappa shape index (κ2) is 12.3. The number of likely N-dealkylation sites (tertiary alicyclic amines) is 1. The summed E-state index contributed by atoms with van der Waals surface area (Å²) in [5, 5.41) is 10.6. The number of nitrogens with zero attached hydrogens (tertiary/aromatic N) is 4. The van der Waals surface area contributed by atoms with E-state index < -0.39 is 47.8 Å². The van der Waals surface area contributed by atoms with Crippen LogP contribution in [0.1, 0.15) is 55.5 Å². The molecule has 1 aliphatic rings. The Morgan fingerprint density at radius 2 is 1.81 bits per heavy atom.